The highest BCUT2D eigenvalue weighted by molar-refractivity contribution is 5.92. The number of aromatic nitrogens is 2. The molecule has 1 N–H and O–H groups in total. The lowest BCUT2D eigenvalue weighted by atomic mass is 10.0. The number of rotatable bonds is 6. The molecule has 0 spiro atoms. The lowest BCUT2D eigenvalue weighted by Gasteiger charge is -2.34. The van der Waals surface area contributed by atoms with Crippen LogP contribution >= 0.6 is 0 Å². The van der Waals surface area contributed by atoms with Crippen molar-refractivity contribution in [2.45, 2.75) is 32.2 Å². The molecule has 0 bridgehead atoms. The van der Waals surface area contributed by atoms with Gasteiger partial charge in [0, 0.05) is 24.8 Å². The number of nitrogens with one attached hydrogen (secondary N) is 1. The number of para-hydroxylation sites is 2. The van der Waals surface area contributed by atoms with E-state index in [1.54, 1.807) is 30.5 Å². The smallest absolute Gasteiger partial charge is 0.294 e. The van der Waals surface area contributed by atoms with Gasteiger partial charge in [-0.1, -0.05) is 19.1 Å². The zero-order chi connectivity index (χ0) is 18.5. The number of carbonyl (C=O) groups excluding carboxylic acids is 1. The summed E-state index contributed by atoms with van der Waals surface area (Å²) in [4.78, 5) is 25.7. The van der Waals surface area contributed by atoms with Gasteiger partial charge in [-0.25, -0.2) is 4.68 Å². The van der Waals surface area contributed by atoms with Gasteiger partial charge in [-0.3, -0.25) is 14.9 Å². The van der Waals surface area contributed by atoms with Gasteiger partial charge in [0.25, 0.3) is 11.6 Å². The van der Waals surface area contributed by atoms with Crippen LogP contribution in [-0.2, 0) is 0 Å². The van der Waals surface area contributed by atoms with E-state index in [4.69, 9.17) is 0 Å². The van der Waals surface area contributed by atoms with Crippen LogP contribution in [0.4, 0.5) is 5.69 Å². The van der Waals surface area contributed by atoms with Gasteiger partial charge in [0.1, 0.15) is 5.69 Å². The van der Waals surface area contributed by atoms with Crippen LogP contribution < -0.4 is 5.32 Å². The molecule has 3 rings (SSSR count). The van der Waals surface area contributed by atoms with Crippen molar-refractivity contribution in [3.63, 3.8) is 0 Å². The molecular weight excluding hydrogens is 334 g/mol. The van der Waals surface area contributed by atoms with E-state index >= 15 is 0 Å². The van der Waals surface area contributed by atoms with E-state index in [2.05, 4.69) is 10.4 Å². The first-order valence-electron chi connectivity index (χ1n) is 8.93. The van der Waals surface area contributed by atoms with Crippen molar-refractivity contribution in [2.24, 2.45) is 0 Å². The van der Waals surface area contributed by atoms with Crippen LogP contribution in [-0.4, -0.2) is 51.2 Å². The average Bonchev–Trinajstić information content (AvgIpc) is 3.16. The summed E-state index contributed by atoms with van der Waals surface area (Å²) in [6.07, 6.45) is 4.33. The molecule has 0 unspecified atom stereocenters. The van der Waals surface area contributed by atoms with Crippen LogP contribution in [0.2, 0.25) is 0 Å². The first-order valence-corrected chi connectivity index (χ1v) is 8.93. The summed E-state index contributed by atoms with van der Waals surface area (Å²) < 4.78 is 1.40. The van der Waals surface area contributed by atoms with Crippen molar-refractivity contribution < 1.29 is 9.72 Å². The standard InChI is InChI=1S/C18H23N5O3/c1-2-12-21(14-7-10-19-11-8-14)18(24)15-9-13-22(20-15)16-5-3-4-6-17(16)23(25)26/h3-6,9,13-14,19H,2,7-8,10-12H2,1H3. The van der Waals surface area contributed by atoms with E-state index in [0.717, 1.165) is 32.4 Å². The summed E-state index contributed by atoms with van der Waals surface area (Å²) >= 11 is 0. The van der Waals surface area contributed by atoms with Crippen LogP contribution in [0, 0.1) is 10.1 Å². The van der Waals surface area contributed by atoms with Gasteiger partial charge in [0.2, 0.25) is 0 Å². The zero-order valence-corrected chi connectivity index (χ0v) is 14.8. The van der Waals surface area contributed by atoms with Crippen molar-refractivity contribution in [3.05, 3.63) is 52.3 Å². The van der Waals surface area contributed by atoms with Crippen LogP contribution in [0.15, 0.2) is 36.5 Å². The Morgan fingerprint density at radius 2 is 2.08 bits per heavy atom. The van der Waals surface area contributed by atoms with Crippen molar-refractivity contribution in [1.82, 2.24) is 20.0 Å². The van der Waals surface area contributed by atoms with Gasteiger partial charge in [0.05, 0.1) is 4.92 Å². The van der Waals surface area contributed by atoms with E-state index in [1.165, 1.54) is 10.7 Å². The fourth-order valence-corrected chi connectivity index (χ4v) is 3.34. The summed E-state index contributed by atoms with van der Waals surface area (Å²) in [6, 6.07) is 8.21. The normalized spacial score (nSPS) is 15.0. The molecule has 2 heterocycles. The fraction of sp³-hybridized carbons (Fsp3) is 0.444. The Morgan fingerprint density at radius 3 is 2.77 bits per heavy atom. The van der Waals surface area contributed by atoms with Crippen molar-refractivity contribution in [3.8, 4) is 5.69 Å². The summed E-state index contributed by atoms with van der Waals surface area (Å²) in [5.74, 6) is -0.115. The minimum Gasteiger partial charge on any atom is -0.334 e. The number of benzene rings is 1. The molecular formula is C18H23N5O3. The molecule has 8 nitrogen and oxygen atoms in total. The summed E-state index contributed by atoms with van der Waals surface area (Å²) in [7, 11) is 0. The third-order valence-corrected chi connectivity index (χ3v) is 4.61. The van der Waals surface area contributed by atoms with Gasteiger partial charge < -0.3 is 10.2 Å². The Kier molecular flexibility index (Phi) is 5.62. The molecule has 1 aromatic carbocycles. The minimum atomic E-state index is -0.447. The highest BCUT2D eigenvalue weighted by Crippen LogP contribution is 2.22. The van der Waals surface area contributed by atoms with E-state index in [1.807, 2.05) is 11.8 Å². The predicted molar refractivity (Wildman–Crippen MR) is 97.4 cm³/mol. The fourth-order valence-electron chi connectivity index (χ4n) is 3.34. The molecule has 138 valence electrons. The largest absolute Gasteiger partial charge is 0.334 e. The van der Waals surface area contributed by atoms with Gasteiger partial charge in [-0.05, 0) is 44.5 Å². The Labute approximate surface area is 151 Å². The number of nitro benzene ring substituents is 1. The van der Waals surface area contributed by atoms with E-state index in [-0.39, 0.29) is 17.6 Å². The second kappa shape index (κ2) is 8.09. The molecule has 0 aliphatic carbocycles. The molecule has 1 aliphatic heterocycles. The zero-order valence-electron chi connectivity index (χ0n) is 14.8. The molecule has 0 saturated carbocycles. The molecule has 1 saturated heterocycles. The molecule has 8 heteroatoms. The summed E-state index contributed by atoms with van der Waals surface area (Å²) in [6.45, 7) is 4.54. The molecule has 2 aromatic rings. The topological polar surface area (TPSA) is 93.3 Å². The van der Waals surface area contributed by atoms with Gasteiger partial charge in [-0.2, -0.15) is 5.10 Å². The summed E-state index contributed by atoms with van der Waals surface area (Å²) in [5.41, 5.74) is 0.619. The average molecular weight is 357 g/mol. The molecule has 0 radical (unpaired) electrons. The van der Waals surface area contributed by atoms with Crippen LogP contribution in [0.25, 0.3) is 5.69 Å². The Bertz CT molecular complexity index is 783. The Balaban J connectivity index is 1.86. The SMILES string of the molecule is CCCN(C(=O)c1ccn(-c2ccccc2[N+](=O)[O-])n1)C1CCNCC1. The number of nitrogens with zero attached hydrogens (tertiary/aromatic N) is 4. The number of hydrogen-bond acceptors (Lipinski definition) is 5. The number of nitro groups is 1. The molecule has 1 amide bonds. The minimum absolute atomic E-state index is 0.0432. The lowest BCUT2D eigenvalue weighted by Crippen LogP contribution is -2.46. The number of carbonyl (C=O) groups is 1. The van der Waals surface area contributed by atoms with Crippen LogP contribution in [0.5, 0.6) is 0 Å². The second-order valence-electron chi connectivity index (χ2n) is 6.37. The van der Waals surface area contributed by atoms with E-state index < -0.39 is 4.92 Å². The molecule has 26 heavy (non-hydrogen) atoms. The van der Waals surface area contributed by atoms with Crippen LogP contribution in [0.1, 0.15) is 36.7 Å². The molecule has 1 aromatic heterocycles. The third-order valence-electron chi connectivity index (χ3n) is 4.61. The first kappa shape index (κ1) is 18.1. The van der Waals surface area contributed by atoms with Gasteiger partial charge >= 0.3 is 0 Å². The maximum atomic E-state index is 13.0. The second-order valence-corrected chi connectivity index (χ2v) is 6.37. The number of hydrogen-bond donors (Lipinski definition) is 1. The predicted octanol–water partition coefficient (Wildman–Crippen LogP) is 2.38. The van der Waals surface area contributed by atoms with Crippen molar-refractivity contribution in [1.29, 1.82) is 0 Å². The van der Waals surface area contributed by atoms with Gasteiger partial charge in [0.15, 0.2) is 5.69 Å². The van der Waals surface area contributed by atoms with Crippen LogP contribution in [0.3, 0.4) is 0 Å². The van der Waals surface area contributed by atoms with Crippen molar-refractivity contribution in [2.75, 3.05) is 19.6 Å². The Hall–Kier alpha value is -2.74. The molecule has 1 fully saturated rings. The third kappa shape index (κ3) is 3.75. The maximum Gasteiger partial charge on any atom is 0.294 e. The number of amides is 1. The Morgan fingerprint density at radius 1 is 1.35 bits per heavy atom. The monoisotopic (exact) mass is 357 g/mol. The number of piperidine rings is 1. The molecule has 1 aliphatic rings. The highest BCUT2D eigenvalue weighted by atomic mass is 16.6. The first-order chi connectivity index (χ1) is 12.6. The van der Waals surface area contributed by atoms with E-state index in [9.17, 15) is 14.9 Å². The molecule has 0 atom stereocenters. The summed E-state index contributed by atoms with van der Waals surface area (Å²) in [5, 5.41) is 18.9. The quantitative estimate of drug-likeness (QED) is 0.633. The van der Waals surface area contributed by atoms with Gasteiger partial charge in [-0.15, -0.1) is 0 Å². The lowest BCUT2D eigenvalue weighted by molar-refractivity contribution is -0.384. The highest BCUT2D eigenvalue weighted by Gasteiger charge is 2.27. The van der Waals surface area contributed by atoms with E-state index in [0.29, 0.717) is 17.9 Å². The van der Waals surface area contributed by atoms with Crippen molar-refractivity contribution >= 4 is 11.6 Å². The maximum absolute atomic E-state index is 13.0.